The first-order valence-corrected chi connectivity index (χ1v) is 10.0. The van der Waals surface area contributed by atoms with Crippen LogP contribution in [0.5, 0.6) is 5.75 Å². The van der Waals surface area contributed by atoms with E-state index >= 15 is 0 Å². The molecule has 1 heterocycles. The molecule has 0 radical (unpaired) electrons. The van der Waals surface area contributed by atoms with Gasteiger partial charge < -0.3 is 20.7 Å². The van der Waals surface area contributed by atoms with Gasteiger partial charge in [0.2, 0.25) is 5.91 Å². The van der Waals surface area contributed by atoms with Crippen LogP contribution in [0.1, 0.15) is 38.3 Å². The molecule has 2 fully saturated rings. The number of amides is 3. The SMILES string of the molecule is CCNC(=NCCN1C(=O)CNC1=O)NC(C)c1ccc(OCC2CC2)c(F)c1. The zero-order valence-electron chi connectivity index (χ0n) is 16.8. The van der Waals surface area contributed by atoms with Crippen LogP contribution in [0.15, 0.2) is 23.2 Å². The van der Waals surface area contributed by atoms with Crippen LogP contribution in [0.25, 0.3) is 0 Å². The third-order valence-corrected chi connectivity index (χ3v) is 4.86. The summed E-state index contributed by atoms with van der Waals surface area (Å²) in [6.07, 6.45) is 2.31. The number of nitrogens with one attached hydrogen (secondary N) is 3. The predicted molar refractivity (Wildman–Crippen MR) is 107 cm³/mol. The fourth-order valence-electron chi connectivity index (χ4n) is 2.95. The minimum absolute atomic E-state index is 0.0316. The van der Waals surface area contributed by atoms with E-state index in [-0.39, 0.29) is 43.2 Å². The second-order valence-electron chi connectivity index (χ2n) is 7.28. The maximum atomic E-state index is 14.3. The molecule has 0 aromatic heterocycles. The lowest BCUT2D eigenvalue weighted by atomic mass is 10.1. The highest BCUT2D eigenvalue weighted by molar-refractivity contribution is 6.01. The third kappa shape index (κ3) is 5.82. The highest BCUT2D eigenvalue weighted by Crippen LogP contribution is 2.30. The molecule has 1 aliphatic heterocycles. The van der Waals surface area contributed by atoms with E-state index in [0.29, 0.717) is 25.0 Å². The number of halogens is 1. The van der Waals surface area contributed by atoms with Crippen LogP contribution in [0.4, 0.5) is 9.18 Å². The number of aliphatic imine (C=N–C) groups is 1. The van der Waals surface area contributed by atoms with E-state index in [4.69, 9.17) is 4.74 Å². The number of imide groups is 1. The van der Waals surface area contributed by atoms with Gasteiger partial charge in [0, 0.05) is 6.54 Å². The molecule has 0 spiro atoms. The molecule has 1 saturated carbocycles. The van der Waals surface area contributed by atoms with Gasteiger partial charge in [-0.25, -0.2) is 9.18 Å². The molecule has 29 heavy (non-hydrogen) atoms. The molecule has 1 atom stereocenters. The van der Waals surface area contributed by atoms with Crippen molar-refractivity contribution in [1.82, 2.24) is 20.9 Å². The summed E-state index contributed by atoms with van der Waals surface area (Å²) in [6.45, 7) is 5.56. The maximum absolute atomic E-state index is 14.3. The minimum atomic E-state index is -0.393. The van der Waals surface area contributed by atoms with E-state index in [1.54, 1.807) is 6.07 Å². The average molecular weight is 405 g/mol. The Morgan fingerprint density at radius 3 is 2.83 bits per heavy atom. The highest BCUT2D eigenvalue weighted by atomic mass is 19.1. The number of rotatable bonds is 9. The van der Waals surface area contributed by atoms with Gasteiger partial charge in [0.05, 0.1) is 32.3 Å². The molecule has 3 rings (SSSR count). The Morgan fingerprint density at radius 2 is 2.21 bits per heavy atom. The summed E-state index contributed by atoms with van der Waals surface area (Å²) in [4.78, 5) is 28.7. The molecular weight excluding hydrogens is 377 g/mol. The second kappa shape index (κ2) is 9.58. The van der Waals surface area contributed by atoms with Crippen molar-refractivity contribution in [3.05, 3.63) is 29.6 Å². The first-order valence-electron chi connectivity index (χ1n) is 10.0. The van der Waals surface area contributed by atoms with Crippen LogP contribution >= 0.6 is 0 Å². The predicted octanol–water partition coefficient (Wildman–Crippen LogP) is 1.78. The first kappa shape index (κ1) is 20.9. The number of urea groups is 1. The molecule has 1 unspecified atom stereocenters. The van der Waals surface area contributed by atoms with Crippen LogP contribution in [0, 0.1) is 11.7 Å². The molecular formula is C20H28FN5O3. The quantitative estimate of drug-likeness (QED) is 0.331. The van der Waals surface area contributed by atoms with Gasteiger partial charge in [0.1, 0.15) is 0 Å². The molecule has 3 amide bonds. The molecule has 2 aliphatic rings. The van der Waals surface area contributed by atoms with Crippen LogP contribution in [-0.4, -0.2) is 55.6 Å². The fourth-order valence-corrected chi connectivity index (χ4v) is 2.95. The van der Waals surface area contributed by atoms with Gasteiger partial charge in [-0.2, -0.15) is 0 Å². The van der Waals surface area contributed by atoms with Gasteiger partial charge >= 0.3 is 6.03 Å². The van der Waals surface area contributed by atoms with Crippen LogP contribution in [0.2, 0.25) is 0 Å². The Kier molecular flexibility index (Phi) is 6.90. The summed E-state index contributed by atoms with van der Waals surface area (Å²) in [5.74, 6) is 0.743. The Hall–Kier alpha value is -2.84. The maximum Gasteiger partial charge on any atom is 0.324 e. The lowest BCUT2D eigenvalue weighted by Crippen LogP contribution is -2.40. The number of hydrogen-bond donors (Lipinski definition) is 3. The van der Waals surface area contributed by atoms with Crippen molar-refractivity contribution in [2.75, 3.05) is 32.8 Å². The monoisotopic (exact) mass is 405 g/mol. The summed E-state index contributed by atoms with van der Waals surface area (Å²) < 4.78 is 19.9. The fraction of sp³-hybridized carbons (Fsp3) is 0.550. The minimum Gasteiger partial charge on any atom is -0.490 e. The molecule has 1 aromatic rings. The van der Waals surface area contributed by atoms with E-state index in [0.717, 1.165) is 23.3 Å². The molecule has 1 aromatic carbocycles. The van der Waals surface area contributed by atoms with Crippen LogP contribution in [-0.2, 0) is 4.79 Å². The van der Waals surface area contributed by atoms with Gasteiger partial charge in [-0.3, -0.25) is 14.7 Å². The molecule has 1 aliphatic carbocycles. The second-order valence-corrected chi connectivity index (χ2v) is 7.28. The Morgan fingerprint density at radius 1 is 1.41 bits per heavy atom. The molecule has 0 bridgehead atoms. The van der Waals surface area contributed by atoms with E-state index in [1.807, 2.05) is 19.9 Å². The summed E-state index contributed by atoms with van der Waals surface area (Å²) in [5, 5.41) is 8.81. The number of carbonyl (C=O) groups excluding carboxylic acids is 2. The van der Waals surface area contributed by atoms with E-state index in [1.165, 1.54) is 6.07 Å². The highest BCUT2D eigenvalue weighted by Gasteiger charge is 2.27. The normalized spacial score (nSPS) is 17.9. The first-order chi connectivity index (χ1) is 14.0. The Bertz CT molecular complexity index is 765. The van der Waals surface area contributed by atoms with Crippen molar-refractivity contribution >= 4 is 17.9 Å². The smallest absolute Gasteiger partial charge is 0.324 e. The summed E-state index contributed by atoms with van der Waals surface area (Å²) in [5.41, 5.74) is 0.765. The van der Waals surface area contributed by atoms with Gasteiger partial charge in [-0.15, -0.1) is 0 Å². The number of hydrogen-bond acceptors (Lipinski definition) is 4. The van der Waals surface area contributed by atoms with Gasteiger partial charge in [0.15, 0.2) is 17.5 Å². The van der Waals surface area contributed by atoms with Crippen molar-refractivity contribution in [1.29, 1.82) is 0 Å². The average Bonchev–Trinajstić information content (AvgIpc) is 3.47. The molecule has 8 nitrogen and oxygen atoms in total. The Balaban J connectivity index is 1.56. The molecule has 9 heteroatoms. The summed E-state index contributed by atoms with van der Waals surface area (Å²) in [6, 6.07) is 4.37. The zero-order valence-corrected chi connectivity index (χ0v) is 16.8. The molecule has 3 N–H and O–H groups in total. The third-order valence-electron chi connectivity index (χ3n) is 4.86. The standard InChI is InChI=1S/C20H28FN5O3/c1-3-22-19(23-8-9-26-18(27)11-24-20(26)28)25-13(2)15-6-7-17(16(21)10-15)29-12-14-4-5-14/h6-7,10,13-14H,3-5,8-9,11-12H2,1-2H3,(H,24,28)(H2,22,23,25). The van der Waals surface area contributed by atoms with Crippen molar-refractivity contribution in [2.45, 2.75) is 32.7 Å². The summed E-state index contributed by atoms with van der Waals surface area (Å²) in [7, 11) is 0. The number of carbonyl (C=O) groups is 2. The Labute approximate surface area is 169 Å². The lowest BCUT2D eigenvalue weighted by Gasteiger charge is -2.19. The lowest BCUT2D eigenvalue weighted by molar-refractivity contribution is -0.124. The van der Waals surface area contributed by atoms with Crippen LogP contribution in [0.3, 0.4) is 0 Å². The van der Waals surface area contributed by atoms with E-state index in [9.17, 15) is 14.0 Å². The largest absolute Gasteiger partial charge is 0.490 e. The van der Waals surface area contributed by atoms with E-state index < -0.39 is 6.03 Å². The van der Waals surface area contributed by atoms with Gasteiger partial charge in [0.25, 0.3) is 0 Å². The van der Waals surface area contributed by atoms with E-state index in [2.05, 4.69) is 20.9 Å². The van der Waals surface area contributed by atoms with Crippen molar-refractivity contribution in [2.24, 2.45) is 10.9 Å². The zero-order chi connectivity index (χ0) is 20.8. The topological polar surface area (TPSA) is 95.1 Å². The number of ether oxygens (including phenoxy) is 1. The van der Waals surface area contributed by atoms with Gasteiger partial charge in [-0.1, -0.05) is 6.07 Å². The number of guanidine groups is 1. The van der Waals surface area contributed by atoms with Crippen molar-refractivity contribution in [3.8, 4) is 5.75 Å². The van der Waals surface area contributed by atoms with Gasteiger partial charge in [-0.05, 0) is 50.3 Å². The summed E-state index contributed by atoms with van der Waals surface area (Å²) >= 11 is 0. The number of benzene rings is 1. The van der Waals surface area contributed by atoms with Crippen LogP contribution < -0.4 is 20.7 Å². The number of nitrogens with zero attached hydrogens (tertiary/aromatic N) is 2. The van der Waals surface area contributed by atoms with Crippen molar-refractivity contribution in [3.63, 3.8) is 0 Å². The molecule has 1 saturated heterocycles. The molecule has 158 valence electrons. The van der Waals surface area contributed by atoms with Crippen molar-refractivity contribution < 1.29 is 18.7 Å².